The third-order valence-electron chi connectivity index (χ3n) is 3.28. The highest BCUT2D eigenvalue weighted by molar-refractivity contribution is 7.21. The quantitative estimate of drug-likeness (QED) is 0.698. The van der Waals surface area contributed by atoms with E-state index in [0.717, 1.165) is 18.2 Å². The van der Waals surface area contributed by atoms with E-state index >= 15 is 0 Å². The lowest BCUT2D eigenvalue weighted by Gasteiger charge is -2.06. The zero-order valence-corrected chi connectivity index (χ0v) is 12.1. The van der Waals surface area contributed by atoms with Gasteiger partial charge in [-0.05, 0) is 18.9 Å². The van der Waals surface area contributed by atoms with Crippen molar-refractivity contribution in [3.8, 4) is 0 Å². The van der Waals surface area contributed by atoms with Gasteiger partial charge < -0.3 is 16.4 Å². The monoisotopic (exact) mass is 305 g/mol. The van der Waals surface area contributed by atoms with Crippen molar-refractivity contribution in [3.63, 3.8) is 0 Å². The van der Waals surface area contributed by atoms with E-state index in [2.05, 4.69) is 20.8 Å². The van der Waals surface area contributed by atoms with E-state index in [-0.39, 0.29) is 17.7 Å². The Balaban J connectivity index is 1.56. The van der Waals surface area contributed by atoms with Gasteiger partial charge in [0.15, 0.2) is 0 Å². The second kappa shape index (κ2) is 5.65. The summed E-state index contributed by atoms with van der Waals surface area (Å²) in [5.74, 6) is -0.00501. The summed E-state index contributed by atoms with van der Waals surface area (Å²) < 4.78 is 0. The molecule has 2 amide bonds. The highest BCUT2D eigenvalue weighted by atomic mass is 32.1. The molecule has 7 nitrogen and oxygen atoms in total. The maximum atomic E-state index is 12.1. The van der Waals surface area contributed by atoms with Crippen molar-refractivity contribution < 1.29 is 9.59 Å². The van der Waals surface area contributed by atoms with Crippen molar-refractivity contribution in [1.29, 1.82) is 0 Å². The number of anilines is 1. The Morgan fingerprint density at radius 3 is 2.81 bits per heavy atom. The fourth-order valence-corrected chi connectivity index (χ4v) is 2.93. The lowest BCUT2D eigenvalue weighted by Crippen LogP contribution is -2.35. The topological polar surface area (TPSA) is 110 Å². The highest BCUT2D eigenvalue weighted by Crippen LogP contribution is 2.31. The summed E-state index contributed by atoms with van der Waals surface area (Å²) in [7, 11) is 0. The zero-order chi connectivity index (χ0) is 14.8. The fraction of sp³-hybridized carbons (Fsp3) is 0.385. The Kier molecular flexibility index (Phi) is 3.70. The minimum absolute atomic E-state index is 0.0703. The number of nitrogens with two attached hydrogens (primary N) is 1. The van der Waals surface area contributed by atoms with Gasteiger partial charge in [-0.15, -0.1) is 16.4 Å². The second-order valence-corrected chi connectivity index (χ2v) is 5.92. The molecule has 0 spiro atoms. The molecular weight excluding hydrogens is 290 g/mol. The number of carbonyl (C=O) groups excluding carboxylic acids is 2. The summed E-state index contributed by atoms with van der Waals surface area (Å²) in [4.78, 5) is 24.6. The zero-order valence-electron chi connectivity index (χ0n) is 11.3. The van der Waals surface area contributed by atoms with Crippen molar-refractivity contribution in [2.75, 3.05) is 18.8 Å². The number of fused-ring (bicyclic) bond motifs is 1. The molecule has 3 rings (SSSR count). The van der Waals surface area contributed by atoms with E-state index in [1.165, 1.54) is 11.3 Å². The first-order valence-electron chi connectivity index (χ1n) is 6.72. The van der Waals surface area contributed by atoms with Gasteiger partial charge in [0.2, 0.25) is 5.91 Å². The average molecular weight is 305 g/mol. The molecule has 110 valence electrons. The molecule has 4 N–H and O–H groups in total. The van der Waals surface area contributed by atoms with Crippen LogP contribution >= 0.6 is 11.3 Å². The molecule has 0 aromatic carbocycles. The number of aromatic nitrogens is 2. The molecule has 0 saturated heterocycles. The minimum Gasteiger partial charge on any atom is -0.397 e. The van der Waals surface area contributed by atoms with E-state index in [1.807, 2.05) is 0 Å². The maximum Gasteiger partial charge on any atom is 0.263 e. The van der Waals surface area contributed by atoms with Crippen LogP contribution in [0, 0.1) is 5.92 Å². The molecule has 1 fully saturated rings. The number of hydrogen-bond acceptors (Lipinski definition) is 6. The van der Waals surface area contributed by atoms with Crippen molar-refractivity contribution >= 4 is 39.1 Å². The molecule has 2 aromatic heterocycles. The van der Waals surface area contributed by atoms with E-state index in [0.29, 0.717) is 28.5 Å². The van der Waals surface area contributed by atoms with Crippen molar-refractivity contribution in [1.82, 2.24) is 20.8 Å². The molecule has 0 radical (unpaired) electrons. The molecule has 1 aliphatic rings. The second-order valence-electron chi connectivity index (χ2n) is 4.92. The molecule has 8 heteroatoms. The smallest absolute Gasteiger partial charge is 0.263 e. The van der Waals surface area contributed by atoms with Crippen LogP contribution in [0.15, 0.2) is 12.3 Å². The Hall–Kier alpha value is -2.22. The molecule has 2 aromatic rings. The standard InChI is InChI=1S/C13H15N5O2S/c14-9-8-3-4-17-18-13(8)21-10(9)12(20)16-6-5-15-11(19)7-1-2-7/h3-4,7H,1-2,5-6,14H2,(H,15,19)(H,16,20). The van der Waals surface area contributed by atoms with Crippen LogP contribution < -0.4 is 16.4 Å². The van der Waals surface area contributed by atoms with E-state index < -0.39 is 0 Å². The largest absolute Gasteiger partial charge is 0.397 e. The van der Waals surface area contributed by atoms with Crippen LogP contribution in [0.1, 0.15) is 22.5 Å². The molecule has 1 saturated carbocycles. The Labute approximate surface area is 124 Å². The summed E-state index contributed by atoms with van der Waals surface area (Å²) >= 11 is 1.21. The van der Waals surface area contributed by atoms with E-state index in [4.69, 9.17) is 5.73 Å². The molecule has 1 aliphatic carbocycles. The SMILES string of the molecule is Nc1c(C(=O)NCCNC(=O)C2CC2)sc2nnccc12. The molecule has 0 unspecified atom stereocenters. The lowest BCUT2D eigenvalue weighted by atomic mass is 10.3. The average Bonchev–Trinajstić information content (AvgIpc) is 3.28. The third kappa shape index (κ3) is 2.94. The van der Waals surface area contributed by atoms with E-state index in [9.17, 15) is 9.59 Å². The van der Waals surface area contributed by atoms with Crippen LogP contribution in [0.4, 0.5) is 5.69 Å². The van der Waals surface area contributed by atoms with Gasteiger partial charge in [-0.1, -0.05) is 0 Å². The van der Waals surface area contributed by atoms with Gasteiger partial charge in [-0.3, -0.25) is 9.59 Å². The van der Waals surface area contributed by atoms with Gasteiger partial charge in [-0.2, -0.15) is 5.10 Å². The maximum absolute atomic E-state index is 12.1. The molecule has 2 heterocycles. The molecule has 0 atom stereocenters. The first kappa shape index (κ1) is 13.7. The summed E-state index contributed by atoms with van der Waals surface area (Å²) in [6.07, 6.45) is 3.48. The van der Waals surface area contributed by atoms with E-state index in [1.54, 1.807) is 12.3 Å². The number of hydrogen-bond donors (Lipinski definition) is 3. The van der Waals surface area contributed by atoms with Crippen LogP contribution in [0.5, 0.6) is 0 Å². The number of thiophene rings is 1. The van der Waals surface area contributed by atoms with Gasteiger partial charge in [0.25, 0.3) is 5.91 Å². The summed E-state index contributed by atoms with van der Waals surface area (Å²) in [6, 6.07) is 1.74. The number of nitrogens with zero attached hydrogens (tertiary/aromatic N) is 2. The minimum atomic E-state index is -0.254. The predicted molar refractivity (Wildman–Crippen MR) is 79.9 cm³/mol. The van der Waals surface area contributed by atoms with Crippen LogP contribution in [0.2, 0.25) is 0 Å². The van der Waals surface area contributed by atoms with Gasteiger partial charge in [0.1, 0.15) is 9.71 Å². The van der Waals surface area contributed by atoms with Gasteiger partial charge in [0.05, 0.1) is 11.9 Å². The summed E-state index contributed by atoms with van der Waals surface area (Å²) in [5, 5.41) is 14.0. The number of nitrogen functional groups attached to an aromatic ring is 1. The Bertz CT molecular complexity index is 695. The van der Waals surface area contributed by atoms with Crippen molar-refractivity contribution in [2.24, 2.45) is 5.92 Å². The first-order chi connectivity index (χ1) is 10.2. The number of rotatable bonds is 5. The van der Waals surface area contributed by atoms with Crippen LogP contribution in [0.3, 0.4) is 0 Å². The molecule has 0 aliphatic heterocycles. The molecule has 21 heavy (non-hydrogen) atoms. The fourth-order valence-electron chi connectivity index (χ4n) is 1.97. The lowest BCUT2D eigenvalue weighted by molar-refractivity contribution is -0.122. The normalized spacial score (nSPS) is 14.1. The number of amides is 2. The Morgan fingerprint density at radius 2 is 2.10 bits per heavy atom. The predicted octanol–water partition coefficient (Wildman–Crippen LogP) is 0.529. The first-order valence-corrected chi connectivity index (χ1v) is 7.54. The molecular formula is C13H15N5O2S. The highest BCUT2D eigenvalue weighted by Gasteiger charge is 2.29. The number of nitrogens with one attached hydrogen (secondary N) is 2. The number of carbonyl (C=O) groups is 2. The van der Waals surface area contributed by atoms with Gasteiger partial charge in [-0.25, -0.2) is 0 Å². The summed E-state index contributed by atoms with van der Waals surface area (Å²) in [5.41, 5.74) is 6.37. The van der Waals surface area contributed by atoms with Crippen LogP contribution in [-0.2, 0) is 4.79 Å². The third-order valence-corrected chi connectivity index (χ3v) is 4.39. The summed E-state index contributed by atoms with van der Waals surface area (Å²) in [6.45, 7) is 0.794. The van der Waals surface area contributed by atoms with Gasteiger partial charge in [0, 0.05) is 24.4 Å². The Morgan fingerprint density at radius 1 is 1.33 bits per heavy atom. The van der Waals surface area contributed by atoms with Gasteiger partial charge >= 0.3 is 0 Å². The van der Waals surface area contributed by atoms with Crippen molar-refractivity contribution in [3.05, 3.63) is 17.1 Å². The van der Waals surface area contributed by atoms with Crippen LogP contribution in [0.25, 0.3) is 10.2 Å². The van der Waals surface area contributed by atoms with Crippen LogP contribution in [-0.4, -0.2) is 35.1 Å². The van der Waals surface area contributed by atoms with Crippen molar-refractivity contribution in [2.45, 2.75) is 12.8 Å². The molecule has 0 bridgehead atoms.